The number of nitrogens with zero attached hydrogens (tertiary/aromatic N) is 1. The highest BCUT2D eigenvalue weighted by molar-refractivity contribution is 9.10. The van der Waals surface area contributed by atoms with Crippen molar-refractivity contribution in [3.63, 3.8) is 0 Å². The van der Waals surface area contributed by atoms with Gasteiger partial charge < -0.3 is 5.73 Å². The maximum Gasteiger partial charge on any atom is 0.137 e. The Morgan fingerprint density at radius 1 is 1.33 bits per heavy atom. The molecular formula is C14H22BrFN2. The Kier molecular flexibility index (Phi) is 5.76. The first-order valence-corrected chi connectivity index (χ1v) is 7.04. The molecule has 1 rings (SSSR count). The quantitative estimate of drug-likeness (QED) is 0.900. The first-order valence-electron chi connectivity index (χ1n) is 6.25. The van der Waals surface area contributed by atoms with Crippen LogP contribution in [0.2, 0.25) is 0 Å². The molecule has 0 bridgehead atoms. The van der Waals surface area contributed by atoms with Crippen LogP contribution in [-0.4, -0.2) is 24.5 Å². The van der Waals surface area contributed by atoms with Crippen LogP contribution in [0.1, 0.15) is 32.4 Å². The lowest BCUT2D eigenvalue weighted by Crippen LogP contribution is -2.39. The molecule has 2 atom stereocenters. The van der Waals surface area contributed by atoms with E-state index in [1.165, 1.54) is 6.07 Å². The van der Waals surface area contributed by atoms with E-state index in [0.29, 0.717) is 23.0 Å². The van der Waals surface area contributed by atoms with Crippen LogP contribution in [0.25, 0.3) is 0 Å². The molecule has 2 nitrogen and oxygen atoms in total. The molecule has 0 saturated carbocycles. The van der Waals surface area contributed by atoms with E-state index in [1.54, 1.807) is 6.07 Å². The molecule has 0 heterocycles. The summed E-state index contributed by atoms with van der Waals surface area (Å²) in [6.07, 6.45) is 0. The Hall–Kier alpha value is -0.450. The summed E-state index contributed by atoms with van der Waals surface area (Å²) < 4.78 is 13.8. The van der Waals surface area contributed by atoms with Gasteiger partial charge in [-0.1, -0.05) is 19.9 Å². The van der Waals surface area contributed by atoms with E-state index >= 15 is 0 Å². The molecule has 1 aromatic carbocycles. The van der Waals surface area contributed by atoms with Gasteiger partial charge in [0.1, 0.15) is 5.82 Å². The maximum atomic E-state index is 13.3. The summed E-state index contributed by atoms with van der Waals surface area (Å²) in [6.45, 7) is 7.09. The molecular weight excluding hydrogens is 295 g/mol. The molecule has 0 amide bonds. The van der Waals surface area contributed by atoms with Crippen LogP contribution in [0.15, 0.2) is 22.7 Å². The second-order valence-electron chi connectivity index (χ2n) is 5.08. The van der Waals surface area contributed by atoms with Crippen molar-refractivity contribution in [3.8, 4) is 0 Å². The smallest absolute Gasteiger partial charge is 0.137 e. The molecule has 0 aliphatic carbocycles. The fourth-order valence-corrected chi connectivity index (χ4v) is 2.41. The number of benzene rings is 1. The second-order valence-corrected chi connectivity index (χ2v) is 5.93. The Balaban J connectivity index is 2.98. The second kappa shape index (κ2) is 6.64. The average molecular weight is 317 g/mol. The van der Waals surface area contributed by atoms with Gasteiger partial charge in [0.25, 0.3) is 0 Å². The van der Waals surface area contributed by atoms with E-state index in [0.717, 1.165) is 5.56 Å². The van der Waals surface area contributed by atoms with Gasteiger partial charge in [0, 0.05) is 18.6 Å². The number of nitrogens with two attached hydrogens (primary N) is 1. The minimum absolute atomic E-state index is 0.110. The molecule has 0 radical (unpaired) electrons. The van der Waals surface area contributed by atoms with Crippen LogP contribution < -0.4 is 5.73 Å². The molecule has 0 saturated heterocycles. The molecule has 4 heteroatoms. The predicted molar refractivity (Wildman–Crippen MR) is 78.0 cm³/mol. The SMILES string of the molecule is CC(C)C(C)N(C)C(CN)c1ccc(F)c(Br)c1. The van der Waals surface area contributed by atoms with Crippen molar-refractivity contribution >= 4 is 15.9 Å². The van der Waals surface area contributed by atoms with Crippen LogP contribution >= 0.6 is 15.9 Å². The van der Waals surface area contributed by atoms with Gasteiger partial charge in [0.2, 0.25) is 0 Å². The average Bonchev–Trinajstić information content (AvgIpc) is 2.33. The zero-order valence-electron chi connectivity index (χ0n) is 11.5. The number of rotatable bonds is 5. The third-order valence-corrected chi connectivity index (χ3v) is 4.26. The van der Waals surface area contributed by atoms with Crippen LogP contribution in [0.5, 0.6) is 0 Å². The van der Waals surface area contributed by atoms with Gasteiger partial charge in [-0.05, 0) is 53.5 Å². The highest BCUT2D eigenvalue weighted by Gasteiger charge is 2.22. The Morgan fingerprint density at radius 3 is 2.39 bits per heavy atom. The summed E-state index contributed by atoms with van der Waals surface area (Å²) in [5.74, 6) is 0.307. The summed E-state index contributed by atoms with van der Waals surface area (Å²) in [6, 6.07) is 5.63. The van der Waals surface area contributed by atoms with E-state index in [-0.39, 0.29) is 11.9 Å². The largest absolute Gasteiger partial charge is 0.329 e. The lowest BCUT2D eigenvalue weighted by Gasteiger charge is -2.35. The number of hydrogen-bond acceptors (Lipinski definition) is 2. The number of halogens is 2. The van der Waals surface area contributed by atoms with Crippen LogP contribution in [0.3, 0.4) is 0 Å². The van der Waals surface area contributed by atoms with Gasteiger partial charge in [0.15, 0.2) is 0 Å². The van der Waals surface area contributed by atoms with E-state index in [1.807, 2.05) is 6.07 Å². The van der Waals surface area contributed by atoms with Gasteiger partial charge in [-0.25, -0.2) is 4.39 Å². The molecule has 0 spiro atoms. The molecule has 0 aromatic heterocycles. The van der Waals surface area contributed by atoms with Crippen LogP contribution in [0, 0.1) is 11.7 Å². The van der Waals surface area contributed by atoms with Gasteiger partial charge in [-0.15, -0.1) is 0 Å². The lowest BCUT2D eigenvalue weighted by molar-refractivity contribution is 0.152. The standard InChI is InChI=1S/C14H22BrFN2/c1-9(2)10(3)18(4)14(8-17)11-5-6-13(16)12(15)7-11/h5-7,9-10,14H,8,17H2,1-4H3. The summed E-state index contributed by atoms with van der Waals surface area (Å²) >= 11 is 3.22. The predicted octanol–water partition coefficient (Wildman–Crippen LogP) is 3.56. The zero-order chi connectivity index (χ0) is 13.9. The Bertz CT molecular complexity index is 395. The highest BCUT2D eigenvalue weighted by Crippen LogP contribution is 2.26. The Morgan fingerprint density at radius 2 is 1.94 bits per heavy atom. The third kappa shape index (κ3) is 3.53. The molecule has 102 valence electrons. The monoisotopic (exact) mass is 316 g/mol. The van der Waals surface area contributed by atoms with Crippen molar-refractivity contribution in [2.45, 2.75) is 32.9 Å². The fraction of sp³-hybridized carbons (Fsp3) is 0.571. The summed E-state index contributed by atoms with van der Waals surface area (Å²) in [5.41, 5.74) is 6.92. The molecule has 0 fully saturated rings. The van der Waals surface area contributed by atoms with E-state index < -0.39 is 0 Å². The summed E-state index contributed by atoms with van der Waals surface area (Å²) in [5, 5.41) is 0. The van der Waals surface area contributed by atoms with Gasteiger partial charge in [-0.3, -0.25) is 4.90 Å². The van der Waals surface area contributed by atoms with Crippen molar-refractivity contribution in [1.82, 2.24) is 4.90 Å². The molecule has 2 N–H and O–H groups in total. The molecule has 0 aliphatic heterocycles. The van der Waals surface area contributed by atoms with Crippen molar-refractivity contribution in [3.05, 3.63) is 34.1 Å². The minimum Gasteiger partial charge on any atom is -0.329 e. The van der Waals surface area contributed by atoms with Gasteiger partial charge >= 0.3 is 0 Å². The molecule has 2 unspecified atom stereocenters. The van der Waals surface area contributed by atoms with Crippen LogP contribution in [0.4, 0.5) is 4.39 Å². The maximum absolute atomic E-state index is 13.3. The van der Waals surface area contributed by atoms with Crippen LogP contribution in [-0.2, 0) is 0 Å². The van der Waals surface area contributed by atoms with Crippen molar-refractivity contribution in [1.29, 1.82) is 0 Å². The van der Waals surface area contributed by atoms with Crippen molar-refractivity contribution in [2.24, 2.45) is 11.7 Å². The minimum atomic E-state index is -0.242. The first-order chi connectivity index (χ1) is 8.38. The van der Waals surface area contributed by atoms with Gasteiger partial charge in [-0.2, -0.15) is 0 Å². The Labute approximate surface area is 117 Å². The highest BCUT2D eigenvalue weighted by atomic mass is 79.9. The van der Waals surface area contributed by atoms with E-state index in [2.05, 4.69) is 48.6 Å². The number of hydrogen-bond donors (Lipinski definition) is 1. The third-order valence-electron chi connectivity index (χ3n) is 3.65. The van der Waals surface area contributed by atoms with Gasteiger partial charge in [0.05, 0.1) is 4.47 Å². The van der Waals surface area contributed by atoms with E-state index in [9.17, 15) is 4.39 Å². The molecule has 18 heavy (non-hydrogen) atoms. The van der Waals surface area contributed by atoms with Crippen molar-refractivity contribution in [2.75, 3.05) is 13.6 Å². The fourth-order valence-electron chi connectivity index (χ4n) is 2.01. The normalized spacial score (nSPS) is 15.2. The summed E-state index contributed by atoms with van der Waals surface area (Å²) in [7, 11) is 2.07. The number of likely N-dealkylation sites (N-methyl/N-ethyl adjacent to an activating group) is 1. The molecule has 1 aromatic rings. The summed E-state index contributed by atoms with van der Waals surface area (Å²) in [4.78, 5) is 2.25. The van der Waals surface area contributed by atoms with Crippen molar-refractivity contribution < 1.29 is 4.39 Å². The lowest BCUT2D eigenvalue weighted by atomic mass is 9.99. The van der Waals surface area contributed by atoms with E-state index in [4.69, 9.17) is 5.73 Å². The zero-order valence-corrected chi connectivity index (χ0v) is 13.0. The topological polar surface area (TPSA) is 29.3 Å². The first kappa shape index (κ1) is 15.6. The molecule has 0 aliphatic rings.